The molecule has 0 radical (unpaired) electrons. The molecule has 5 heterocycles. The number of benzene rings is 2. The van der Waals surface area contributed by atoms with E-state index >= 15 is 8.78 Å². The van der Waals surface area contributed by atoms with Crippen molar-refractivity contribution in [3.05, 3.63) is 65.7 Å². The molecule has 0 saturated carbocycles. The molecule has 3 atom stereocenters. The standard InChI is InChI=1S/C34H30ClF4N7O2/c1-19(36)32(47)46-11-10-44(17-22(46)6-8-40)31-23-12-26(38)28(24-15-41-14-20-4-2-5-25(35)27(20)24)29(39)30(23)42-33(43-31)48-18-34-7-3-9-45(34)16-21(37)13-34/h2,4-5,12,14-15,21-22H,1,3,6-7,9-11,13,16-18H2/t21-,22+,34?/m1/s1. The molecule has 9 nitrogen and oxygen atoms in total. The van der Waals surface area contributed by atoms with Crippen molar-refractivity contribution in [1.82, 2.24) is 24.8 Å². The first kappa shape index (κ1) is 32.0. The number of hydrogen-bond donors (Lipinski definition) is 0. The van der Waals surface area contributed by atoms with Gasteiger partial charge >= 0.3 is 6.01 Å². The first-order valence-corrected chi connectivity index (χ1v) is 16.0. The van der Waals surface area contributed by atoms with E-state index in [2.05, 4.69) is 26.4 Å². The van der Waals surface area contributed by atoms with E-state index in [1.807, 2.05) is 6.07 Å². The molecule has 7 rings (SSSR count). The summed E-state index contributed by atoms with van der Waals surface area (Å²) in [5.41, 5.74) is -1.04. The van der Waals surface area contributed by atoms with Gasteiger partial charge in [0.05, 0.1) is 29.6 Å². The van der Waals surface area contributed by atoms with Crippen LogP contribution in [0.25, 0.3) is 32.8 Å². The van der Waals surface area contributed by atoms with Crippen molar-refractivity contribution in [2.45, 2.75) is 43.4 Å². The van der Waals surface area contributed by atoms with Crippen LogP contribution >= 0.6 is 11.6 Å². The van der Waals surface area contributed by atoms with Gasteiger partial charge in [-0.15, -0.1) is 0 Å². The second-order valence-corrected chi connectivity index (χ2v) is 12.9. The summed E-state index contributed by atoms with van der Waals surface area (Å²) in [7, 11) is 0. The third kappa shape index (κ3) is 5.46. The van der Waals surface area contributed by atoms with Crippen molar-refractivity contribution < 1.29 is 27.1 Å². The Hall–Kier alpha value is -4.54. The molecular formula is C34H30ClF4N7O2. The van der Waals surface area contributed by atoms with Gasteiger partial charge in [0, 0.05) is 71.7 Å². The summed E-state index contributed by atoms with van der Waals surface area (Å²) in [5.74, 6) is -3.88. The summed E-state index contributed by atoms with van der Waals surface area (Å²) in [4.78, 5) is 30.7. The SMILES string of the molecule is C=C(F)C(=O)N1CCN(c2nc(OCC34CCCN3C[C@H](F)C4)nc3c(F)c(-c4cncc5cccc(Cl)c45)c(F)cc23)C[C@@H]1CC#N. The van der Waals surface area contributed by atoms with E-state index in [9.17, 15) is 18.8 Å². The molecule has 3 aliphatic rings. The van der Waals surface area contributed by atoms with Crippen molar-refractivity contribution >= 4 is 45.0 Å². The summed E-state index contributed by atoms with van der Waals surface area (Å²) < 4.78 is 67.4. The van der Waals surface area contributed by atoms with E-state index < -0.39 is 41.1 Å². The van der Waals surface area contributed by atoms with Crippen LogP contribution in [0.2, 0.25) is 5.02 Å². The van der Waals surface area contributed by atoms with Crippen molar-refractivity contribution in [3.8, 4) is 23.2 Å². The number of hydrogen-bond acceptors (Lipinski definition) is 8. The average Bonchev–Trinajstić information content (AvgIpc) is 3.59. The molecule has 3 aliphatic heterocycles. The highest BCUT2D eigenvalue weighted by Crippen LogP contribution is 2.42. The minimum Gasteiger partial charge on any atom is -0.461 e. The van der Waals surface area contributed by atoms with E-state index in [-0.39, 0.29) is 78.0 Å². The van der Waals surface area contributed by atoms with Gasteiger partial charge in [0.2, 0.25) is 0 Å². The number of piperazine rings is 1. The molecule has 48 heavy (non-hydrogen) atoms. The van der Waals surface area contributed by atoms with Crippen LogP contribution in [0, 0.1) is 23.0 Å². The zero-order valence-electron chi connectivity index (χ0n) is 25.7. The maximum atomic E-state index is 16.8. The Bertz CT molecular complexity index is 2000. The molecule has 0 N–H and O–H groups in total. The molecule has 0 spiro atoms. The lowest BCUT2D eigenvalue weighted by Crippen LogP contribution is -2.55. The number of pyridine rings is 1. The number of alkyl halides is 1. The van der Waals surface area contributed by atoms with Crippen LogP contribution in [-0.2, 0) is 4.79 Å². The van der Waals surface area contributed by atoms with Crippen LogP contribution in [-0.4, -0.2) is 87.7 Å². The summed E-state index contributed by atoms with van der Waals surface area (Å²) in [6.45, 7) is 4.31. The Morgan fingerprint density at radius 1 is 1.19 bits per heavy atom. The van der Waals surface area contributed by atoms with Crippen molar-refractivity contribution in [2.24, 2.45) is 0 Å². The van der Waals surface area contributed by atoms with Gasteiger partial charge in [0.15, 0.2) is 11.6 Å². The number of halogens is 5. The second-order valence-electron chi connectivity index (χ2n) is 12.5. The molecule has 1 unspecified atom stereocenters. The van der Waals surface area contributed by atoms with Crippen molar-refractivity contribution in [1.29, 1.82) is 5.26 Å². The number of anilines is 1. The predicted octanol–water partition coefficient (Wildman–Crippen LogP) is 6.15. The Kier molecular flexibility index (Phi) is 8.33. The molecule has 0 bridgehead atoms. The molecule has 1 amide bonds. The number of nitriles is 1. The number of ether oxygens (including phenoxy) is 1. The highest BCUT2D eigenvalue weighted by molar-refractivity contribution is 6.36. The Morgan fingerprint density at radius 2 is 2.02 bits per heavy atom. The monoisotopic (exact) mass is 679 g/mol. The fourth-order valence-corrected chi connectivity index (χ4v) is 7.77. The van der Waals surface area contributed by atoms with Gasteiger partial charge in [-0.25, -0.2) is 17.6 Å². The van der Waals surface area contributed by atoms with Gasteiger partial charge in [-0.05, 0) is 31.5 Å². The number of carbonyl (C=O) groups is 1. The van der Waals surface area contributed by atoms with Gasteiger partial charge < -0.3 is 14.5 Å². The van der Waals surface area contributed by atoms with Crippen LogP contribution in [0.15, 0.2) is 49.1 Å². The number of fused-ring (bicyclic) bond motifs is 3. The van der Waals surface area contributed by atoms with E-state index in [0.29, 0.717) is 17.3 Å². The number of nitrogens with zero attached hydrogens (tertiary/aromatic N) is 7. The van der Waals surface area contributed by atoms with Crippen molar-refractivity contribution in [2.75, 3.05) is 44.2 Å². The molecule has 0 aliphatic carbocycles. The third-order valence-electron chi connectivity index (χ3n) is 9.68. The van der Waals surface area contributed by atoms with E-state index in [1.165, 1.54) is 11.1 Å². The molecule has 4 aromatic rings. The highest BCUT2D eigenvalue weighted by Gasteiger charge is 2.49. The summed E-state index contributed by atoms with van der Waals surface area (Å²) in [6.07, 6.45) is 3.65. The van der Waals surface area contributed by atoms with Crippen LogP contribution < -0.4 is 9.64 Å². The maximum absolute atomic E-state index is 16.8. The summed E-state index contributed by atoms with van der Waals surface area (Å²) in [6, 6.07) is 7.25. The van der Waals surface area contributed by atoms with Crippen LogP contribution in [0.4, 0.5) is 23.4 Å². The normalized spacial score (nSPS) is 22.7. The number of aromatic nitrogens is 3. The minimum absolute atomic E-state index is 0.00497. The Morgan fingerprint density at radius 3 is 2.81 bits per heavy atom. The first-order valence-electron chi connectivity index (χ1n) is 15.6. The fourth-order valence-electron chi connectivity index (χ4n) is 7.49. The predicted molar refractivity (Wildman–Crippen MR) is 172 cm³/mol. The van der Waals surface area contributed by atoms with Crippen LogP contribution in [0.5, 0.6) is 6.01 Å². The lowest BCUT2D eigenvalue weighted by atomic mass is 9.95. The van der Waals surface area contributed by atoms with Gasteiger partial charge in [-0.3, -0.25) is 14.7 Å². The van der Waals surface area contributed by atoms with E-state index in [1.54, 1.807) is 29.3 Å². The largest absolute Gasteiger partial charge is 0.461 e. The number of carbonyl (C=O) groups excluding carboxylic acids is 1. The van der Waals surface area contributed by atoms with E-state index in [0.717, 1.165) is 25.5 Å². The summed E-state index contributed by atoms with van der Waals surface area (Å²) >= 11 is 6.50. The lowest BCUT2D eigenvalue weighted by molar-refractivity contribution is -0.131. The number of amides is 1. The van der Waals surface area contributed by atoms with Crippen LogP contribution in [0.3, 0.4) is 0 Å². The third-order valence-corrected chi connectivity index (χ3v) is 9.99. The number of rotatable bonds is 7. The molecule has 14 heteroatoms. The maximum Gasteiger partial charge on any atom is 0.319 e. The molecule has 3 fully saturated rings. The topological polar surface area (TPSA) is 98.5 Å². The van der Waals surface area contributed by atoms with Gasteiger partial charge in [-0.1, -0.05) is 30.3 Å². The quantitative estimate of drug-likeness (QED) is 0.170. The van der Waals surface area contributed by atoms with Crippen LogP contribution in [0.1, 0.15) is 25.7 Å². The smallest absolute Gasteiger partial charge is 0.319 e. The van der Waals surface area contributed by atoms with Gasteiger partial charge in [0.25, 0.3) is 5.91 Å². The summed E-state index contributed by atoms with van der Waals surface area (Å²) in [5, 5.41) is 10.8. The molecule has 248 valence electrons. The lowest BCUT2D eigenvalue weighted by Gasteiger charge is -2.41. The zero-order valence-corrected chi connectivity index (χ0v) is 26.5. The average molecular weight is 680 g/mol. The molecule has 2 aromatic carbocycles. The molecule has 3 saturated heterocycles. The first-order chi connectivity index (χ1) is 23.1. The van der Waals surface area contributed by atoms with E-state index in [4.69, 9.17) is 16.3 Å². The van der Waals surface area contributed by atoms with Gasteiger partial charge in [0.1, 0.15) is 29.9 Å². The zero-order chi connectivity index (χ0) is 33.7. The molecule has 2 aromatic heterocycles. The van der Waals surface area contributed by atoms with Crippen molar-refractivity contribution in [3.63, 3.8) is 0 Å². The highest BCUT2D eigenvalue weighted by atomic mass is 35.5. The van der Waals surface area contributed by atoms with Gasteiger partial charge in [-0.2, -0.15) is 15.2 Å². The fraction of sp³-hybridized carbons (Fsp3) is 0.382. The molecular weight excluding hydrogens is 650 g/mol. The minimum atomic E-state index is -1.16. The second kappa shape index (κ2) is 12.5. The Balaban J connectivity index is 1.35. The Labute approximate surface area is 278 Å².